The van der Waals surface area contributed by atoms with Crippen molar-refractivity contribution in [3.05, 3.63) is 46.0 Å². The Bertz CT molecular complexity index is 504. The summed E-state index contributed by atoms with van der Waals surface area (Å²) in [6, 6.07) is 7.57. The molecule has 2 aromatic rings. The highest BCUT2D eigenvalue weighted by molar-refractivity contribution is 7.10. The van der Waals surface area contributed by atoms with E-state index in [-0.39, 0.29) is 11.8 Å². The highest BCUT2D eigenvalue weighted by Crippen LogP contribution is 2.22. The van der Waals surface area contributed by atoms with Gasteiger partial charge in [-0.25, -0.2) is 4.79 Å². The molecule has 0 radical (unpaired) electrons. The quantitative estimate of drug-likeness (QED) is 0.841. The fraction of sp³-hybridized carbons (Fsp3) is 0.308. The molecule has 0 aliphatic carbocycles. The van der Waals surface area contributed by atoms with Gasteiger partial charge in [-0.1, -0.05) is 13.0 Å². The molecule has 1 atom stereocenters. The van der Waals surface area contributed by atoms with Crippen molar-refractivity contribution in [2.75, 3.05) is 0 Å². The van der Waals surface area contributed by atoms with Gasteiger partial charge in [0, 0.05) is 10.9 Å². The van der Waals surface area contributed by atoms with Crippen LogP contribution in [0, 0.1) is 0 Å². The fourth-order valence-corrected chi connectivity index (χ4v) is 2.63. The highest BCUT2D eigenvalue weighted by Gasteiger charge is 2.12. The van der Waals surface area contributed by atoms with Crippen LogP contribution in [-0.4, -0.2) is 11.1 Å². The zero-order chi connectivity index (χ0) is 13.0. The van der Waals surface area contributed by atoms with Crippen LogP contribution in [0.5, 0.6) is 0 Å². The zero-order valence-corrected chi connectivity index (χ0v) is 10.9. The number of carboxylic acids is 1. The molecule has 0 aromatic carbocycles. The lowest BCUT2D eigenvalue weighted by Crippen LogP contribution is -2.19. The normalized spacial score (nSPS) is 12.5. The SMILES string of the molecule is CCC(NCc1ccc(C(=O)O)o1)c1cccs1. The zero-order valence-electron chi connectivity index (χ0n) is 10.1. The molecular formula is C13H15NO3S. The Morgan fingerprint density at radius 1 is 1.50 bits per heavy atom. The van der Waals surface area contributed by atoms with Crippen molar-refractivity contribution in [2.24, 2.45) is 0 Å². The first-order chi connectivity index (χ1) is 8.70. The number of hydrogen-bond donors (Lipinski definition) is 2. The monoisotopic (exact) mass is 265 g/mol. The molecule has 0 aliphatic heterocycles. The van der Waals surface area contributed by atoms with E-state index in [0.717, 1.165) is 6.42 Å². The third-order valence-electron chi connectivity index (χ3n) is 2.69. The second-order valence-electron chi connectivity index (χ2n) is 3.93. The second-order valence-corrected chi connectivity index (χ2v) is 4.91. The van der Waals surface area contributed by atoms with Crippen LogP contribution in [-0.2, 0) is 6.54 Å². The van der Waals surface area contributed by atoms with Gasteiger partial charge < -0.3 is 14.8 Å². The number of nitrogens with one attached hydrogen (secondary N) is 1. The predicted molar refractivity (Wildman–Crippen MR) is 69.9 cm³/mol. The first-order valence-corrected chi connectivity index (χ1v) is 6.67. The molecule has 2 N–H and O–H groups in total. The summed E-state index contributed by atoms with van der Waals surface area (Å²) in [6.07, 6.45) is 0.979. The summed E-state index contributed by atoms with van der Waals surface area (Å²) in [6.45, 7) is 2.64. The van der Waals surface area contributed by atoms with E-state index >= 15 is 0 Å². The number of hydrogen-bond acceptors (Lipinski definition) is 4. The van der Waals surface area contributed by atoms with Crippen molar-refractivity contribution >= 4 is 17.3 Å². The number of aromatic carboxylic acids is 1. The van der Waals surface area contributed by atoms with E-state index < -0.39 is 5.97 Å². The molecule has 0 saturated heterocycles. The number of carboxylic acid groups (broad SMARTS) is 1. The summed E-state index contributed by atoms with van der Waals surface area (Å²) in [7, 11) is 0. The molecular weight excluding hydrogens is 250 g/mol. The molecule has 96 valence electrons. The van der Waals surface area contributed by atoms with E-state index in [9.17, 15) is 4.79 Å². The summed E-state index contributed by atoms with van der Waals surface area (Å²) in [5.41, 5.74) is 0. The molecule has 4 nitrogen and oxygen atoms in total. The average molecular weight is 265 g/mol. The van der Waals surface area contributed by atoms with E-state index in [4.69, 9.17) is 9.52 Å². The van der Waals surface area contributed by atoms with E-state index in [2.05, 4.69) is 23.7 Å². The van der Waals surface area contributed by atoms with E-state index in [1.807, 2.05) is 6.07 Å². The van der Waals surface area contributed by atoms with Crippen LogP contribution in [0.15, 0.2) is 34.1 Å². The molecule has 5 heteroatoms. The lowest BCUT2D eigenvalue weighted by Gasteiger charge is -2.14. The summed E-state index contributed by atoms with van der Waals surface area (Å²) in [4.78, 5) is 12.0. The predicted octanol–water partition coefficient (Wildman–Crippen LogP) is 3.28. The maximum Gasteiger partial charge on any atom is 0.371 e. The molecule has 0 fully saturated rings. The van der Waals surface area contributed by atoms with Crippen LogP contribution >= 0.6 is 11.3 Å². The molecule has 2 rings (SSSR count). The molecule has 0 saturated carbocycles. The third-order valence-corrected chi connectivity index (χ3v) is 3.68. The van der Waals surface area contributed by atoms with E-state index in [1.165, 1.54) is 10.9 Å². The topological polar surface area (TPSA) is 62.5 Å². The van der Waals surface area contributed by atoms with Crippen LogP contribution in [0.4, 0.5) is 0 Å². The Morgan fingerprint density at radius 2 is 2.33 bits per heavy atom. The minimum atomic E-state index is -1.04. The van der Waals surface area contributed by atoms with Gasteiger partial charge in [-0.05, 0) is 30.0 Å². The van der Waals surface area contributed by atoms with Crippen molar-refractivity contribution < 1.29 is 14.3 Å². The third kappa shape index (κ3) is 3.00. The number of furan rings is 1. The highest BCUT2D eigenvalue weighted by atomic mass is 32.1. The lowest BCUT2D eigenvalue weighted by molar-refractivity contribution is 0.0660. The van der Waals surface area contributed by atoms with Gasteiger partial charge in [0.05, 0.1) is 6.54 Å². The Balaban J connectivity index is 1.95. The Labute approximate surface area is 109 Å². The van der Waals surface area contributed by atoms with Crippen LogP contribution in [0.25, 0.3) is 0 Å². The maximum atomic E-state index is 10.7. The van der Waals surface area contributed by atoms with Crippen LogP contribution in [0.3, 0.4) is 0 Å². The van der Waals surface area contributed by atoms with Crippen molar-refractivity contribution in [2.45, 2.75) is 25.9 Å². The molecule has 0 aliphatic rings. The van der Waals surface area contributed by atoms with Crippen LogP contribution in [0.2, 0.25) is 0 Å². The van der Waals surface area contributed by atoms with Gasteiger partial charge in [0.15, 0.2) is 0 Å². The smallest absolute Gasteiger partial charge is 0.371 e. The molecule has 0 spiro atoms. The average Bonchev–Trinajstić information content (AvgIpc) is 3.00. The Hall–Kier alpha value is -1.59. The minimum Gasteiger partial charge on any atom is -0.475 e. The van der Waals surface area contributed by atoms with Gasteiger partial charge in [0.2, 0.25) is 5.76 Å². The molecule has 2 heterocycles. The van der Waals surface area contributed by atoms with Gasteiger partial charge in [-0.3, -0.25) is 0 Å². The van der Waals surface area contributed by atoms with Crippen LogP contribution < -0.4 is 5.32 Å². The van der Waals surface area contributed by atoms with Gasteiger partial charge in [-0.15, -0.1) is 11.3 Å². The molecule has 1 unspecified atom stereocenters. The first kappa shape index (κ1) is 12.9. The standard InChI is InChI=1S/C13H15NO3S/c1-2-10(12-4-3-7-18-12)14-8-9-5-6-11(17-9)13(15)16/h3-7,10,14H,2,8H2,1H3,(H,15,16). The summed E-state index contributed by atoms with van der Waals surface area (Å²) in [5, 5.41) is 14.2. The maximum absolute atomic E-state index is 10.7. The van der Waals surface area contributed by atoms with Gasteiger partial charge in [-0.2, -0.15) is 0 Å². The molecule has 18 heavy (non-hydrogen) atoms. The molecule has 2 aromatic heterocycles. The molecule has 0 bridgehead atoms. The van der Waals surface area contributed by atoms with E-state index in [1.54, 1.807) is 17.4 Å². The summed E-state index contributed by atoms with van der Waals surface area (Å²) < 4.78 is 5.20. The van der Waals surface area contributed by atoms with Crippen molar-refractivity contribution in [3.8, 4) is 0 Å². The van der Waals surface area contributed by atoms with Gasteiger partial charge in [0.25, 0.3) is 0 Å². The first-order valence-electron chi connectivity index (χ1n) is 5.79. The van der Waals surface area contributed by atoms with Gasteiger partial charge >= 0.3 is 5.97 Å². The molecule has 0 amide bonds. The largest absolute Gasteiger partial charge is 0.475 e. The number of thiophene rings is 1. The number of carbonyl (C=O) groups is 1. The Kier molecular flexibility index (Phi) is 4.17. The summed E-state index contributed by atoms with van der Waals surface area (Å²) >= 11 is 1.71. The second kappa shape index (κ2) is 5.84. The van der Waals surface area contributed by atoms with Crippen molar-refractivity contribution in [3.63, 3.8) is 0 Å². The minimum absolute atomic E-state index is 0.0176. The van der Waals surface area contributed by atoms with Crippen molar-refractivity contribution in [1.82, 2.24) is 5.32 Å². The van der Waals surface area contributed by atoms with Crippen LogP contribution in [0.1, 0.15) is 40.6 Å². The van der Waals surface area contributed by atoms with Crippen molar-refractivity contribution in [1.29, 1.82) is 0 Å². The summed E-state index contributed by atoms with van der Waals surface area (Å²) in [5.74, 6) is -0.412. The number of rotatable bonds is 6. The fourth-order valence-electron chi connectivity index (χ4n) is 1.75. The van der Waals surface area contributed by atoms with E-state index in [0.29, 0.717) is 12.3 Å². The van der Waals surface area contributed by atoms with Gasteiger partial charge in [0.1, 0.15) is 5.76 Å². The Morgan fingerprint density at radius 3 is 2.89 bits per heavy atom. The lowest BCUT2D eigenvalue weighted by atomic mass is 10.2.